The Morgan fingerprint density at radius 3 is 2.15 bits per heavy atom. The molecule has 1 amide bonds. The molecule has 0 aliphatic carbocycles. The van der Waals surface area contributed by atoms with Crippen LogP contribution in [0.15, 0.2) is 137 Å². The molecular formula is C40H37F2N3O6S. The van der Waals surface area contributed by atoms with Crippen LogP contribution in [-0.2, 0) is 25.9 Å². The molecule has 0 radical (unpaired) electrons. The van der Waals surface area contributed by atoms with Crippen LogP contribution in [0.1, 0.15) is 35.6 Å². The molecule has 3 N–H and O–H groups in total. The van der Waals surface area contributed by atoms with Gasteiger partial charge in [0.25, 0.3) is 5.91 Å². The van der Waals surface area contributed by atoms with Crippen molar-refractivity contribution in [1.82, 2.24) is 10.9 Å². The molecule has 1 heterocycles. The SMILES string of the molecule is O=C(NNCc1ccc(F)c(F)c1)[C@@]1(CCS(=O)(=O)c2ccccc2)N=C(c2ccc(OCCCO)cc2)O[C@H]1c1ccc(-c2ccccc2)cc1. The second-order valence-electron chi connectivity index (χ2n) is 12.2. The number of amides is 1. The minimum absolute atomic E-state index is 0.00374. The second-order valence-corrected chi connectivity index (χ2v) is 14.3. The zero-order valence-corrected chi connectivity index (χ0v) is 28.9. The van der Waals surface area contributed by atoms with Crippen LogP contribution in [0, 0.1) is 11.6 Å². The van der Waals surface area contributed by atoms with Gasteiger partial charge >= 0.3 is 0 Å². The van der Waals surface area contributed by atoms with Crippen molar-refractivity contribution in [3.05, 3.63) is 156 Å². The molecule has 52 heavy (non-hydrogen) atoms. The maximum atomic E-state index is 14.5. The predicted molar refractivity (Wildman–Crippen MR) is 193 cm³/mol. The van der Waals surface area contributed by atoms with Gasteiger partial charge in [-0.05, 0) is 70.8 Å². The molecule has 0 bridgehead atoms. The van der Waals surface area contributed by atoms with Gasteiger partial charge in [-0.2, -0.15) is 0 Å². The van der Waals surface area contributed by atoms with E-state index in [9.17, 15) is 22.0 Å². The van der Waals surface area contributed by atoms with Crippen LogP contribution in [0.2, 0.25) is 0 Å². The summed E-state index contributed by atoms with van der Waals surface area (Å²) in [5, 5.41) is 9.09. The van der Waals surface area contributed by atoms with E-state index < -0.39 is 44.8 Å². The van der Waals surface area contributed by atoms with Crippen molar-refractivity contribution in [1.29, 1.82) is 0 Å². The Bertz CT molecular complexity index is 2120. The third kappa shape index (κ3) is 8.37. The Labute approximate surface area is 300 Å². The summed E-state index contributed by atoms with van der Waals surface area (Å²) in [5.41, 5.74) is 6.99. The first-order valence-corrected chi connectivity index (χ1v) is 18.3. The number of aliphatic hydroxyl groups is 1. The Morgan fingerprint density at radius 1 is 0.827 bits per heavy atom. The quantitative estimate of drug-likeness (QED) is 0.0851. The summed E-state index contributed by atoms with van der Waals surface area (Å²) in [6.45, 7) is 0.258. The third-order valence-corrected chi connectivity index (χ3v) is 10.4. The van der Waals surface area contributed by atoms with Crippen LogP contribution in [0.3, 0.4) is 0 Å². The van der Waals surface area contributed by atoms with E-state index >= 15 is 0 Å². The smallest absolute Gasteiger partial charge is 0.266 e. The van der Waals surface area contributed by atoms with Crippen molar-refractivity contribution in [2.24, 2.45) is 4.99 Å². The molecule has 0 saturated carbocycles. The minimum atomic E-state index is -3.88. The van der Waals surface area contributed by atoms with Gasteiger partial charge in [0.15, 0.2) is 33.1 Å². The van der Waals surface area contributed by atoms with Gasteiger partial charge in [0.2, 0.25) is 5.90 Å². The summed E-state index contributed by atoms with van der Waals surface area (Å²) in [6.07, 6.45) is -0.862. The second kappa shape index (κ2) is 16.3. The number of benzene rings is 5. The van der Waals surface area contributed by atoms with E-state index in [1.807, 2.05) is 54.6 Å². The van der Waals surface area contributed by atoms with Gasteiger partial charge in [0.05, 0.1) is 17.3 Å². The summed E-state index contributed by atoms with van der Waals surface area (Å²) in [6, 6.07) is 35.4. The number of hydrazine groups is 1. The monoisotopic (exact) mass is 725 g/mol. The molecular weight excluding hydrogens is 689 g/mol. The Balaban J connectivity index is 1.38. The fraction of sp³-hybridized carbons (Fsp3) is 0.200. The molecule has 0 unspecified atom stereocenters. The van der Waals surface area contributed by atoms with E-state index in [4.69, 9.17) is 19.6 Å². The van der Waals surface area contributed by atoms with Gasteiger partial charge in [-0.3, -0.25) is 10.2 Å². The van der Waals surface area contributed by atoms with Crippen molar-refractivity contribution >= 4 is 21.6 Å². The number of nitrogens with one attached hydrogen (secondary N) is 2. The number of hydrogen-bond donors (Lipinski definition) is 3. The number of halogens is 2. The van der Waals surface area contributed by atoms with Crippen LogP contribution in [0.5, 0.6) is 5.75 Å². The number of rotatable bonds is 15. The van der Waals surface area contributed by atoms with Crippen LogP contribution in [-0.4, -0.2) is 49.8 Å². The van der Waals surface area contributed by atoms with Gasteiger partial charge in [0.1, 0.15) is 5.75 Å². The molecule has 5 aromatic rings. The molecule has 0 aromatic heterocycles. The van der Waals surface area contributed by atoms with Gasteiger partial charge in [-0.1, -0.05) is 78.9 Å². The number of aliphatic hydroxyl groups excluding tert-OH is 1. The number of carbonyl (C=O) groups is 1. The first-order chi connectivity index (χ1) is 25.2. The van der Waals surface area contributed by atoms with Crippen LogP contribution in [0.25, 0.3) is 11.1 Å². The topological polar surface area (TPSA) is 126 Å². The van der Waals surface area contributed by atoms with E-state index in [0.29, 0.717) is 35.5 Å². The molecule has 1 aliphatic heterocycles. The predicted octanol–water partition coefficient (Wildman–Crippen LogP) is 6.33. The molecule has 1 aliphatic rings. The van der Waals surface area contributed by atoms with E-state index in [2.05, 4.69) is 10.9 Å². The van der Waals surface area contributed by atoms with Crippen LogP contribution in [0.4, 0.5) is 8.78 Å². The van der Waals surface area contributed by atoms with Crippen molar-refractivity contribution in [3.8, 4) is 16.9 Å². The summed E-state index contributed by atoms with van der Waals surface area (Å²) < 4.78 is 66.9. The van der Waals surface area contributed by atoms with E-state index in [1.165, 1.54) is 18.2 Å². The van der Waals surface area contributed by atoms with Gasteiger partial charge < -0.3 is 14.6 Å². The maximum absolute atomic E-state index is 14.5. The highest BCUT2D eigenvalue weighted by Gasteiger charge is 2.53. The Morgan fingerprint density at radius 2 is 1.48 bits per heavy atom. The third-order valence-electron chi connectivity index (χ3n) is 8.68. The Kier molecular flexibility index (Phi) is 11.4. The lowest BCUT2D eigenvalue weighted by Crippen LogP contribution is -2.53. The molecule has 0 spiro atoms. The highest BCUT2D eigenvalue weighted by molar-refractivity contribution is 7.91. The molecule has 0 saturated heterocycles. The number of ether oxygens (including phenoxy) is 2. The van der Waals surface area contributed by atoms with Crippen LogP contribution < -0.4 is 15.6 Å². The highest BCUT2D eigenvalue weighted by Crippen LogP contribution is 2.43. The molecule has 268 valence electrons. The van der Waals surface area contributed by atoms with Gasteiger partial charge in [-0.15, -0.1) is 0 Å². The number of carbonyl (C=O) groups excluding carboxylic acids is 1. The zero-order valence-electron chi connectivity index (χ0n) is 28.0. The lowest BCUT2D eigenvalue weighted by Gasteiger charge is -2.30. The molecule has 6 rings (SSSR count). The Hall–Kier alpha value is -5.43. The fourth-order valence-corrected chi connectivity index (χ4v) is 7.26. The average Bonchev–Trinajstić information content (AvgIpc) is 3.57. The minimum Gasteiger partial charge on any atom is -0.494 e. The summed E-state index contributed by atoms with van der Waals surface area (Å²) in [4.78, 5) is 19.4. The first-order valence-electron chi connectivity index (χ1n) is 16.7. The number of sulfone groups is 1. The fourth-order valence-electron chi connectivity index (χ4n) is 5.87. The molecule has 5 aromatic carbocycles. The van der Waals surface area contributed by atoms with Crippen molar-refractivity contribution in [2.45, 2.75) is 35.9 Å². The lowest BCUT2D eigenvalue weighted by atomic mass is 9.84. The normalized spacial score (nSPS) is 16.9. The standard InChI is InChI=1S/C40H37F2N3O6S/c41-35-21-12-28(26-36(35)42)27-43-45-39(47)40(22-25-52(48,49)34-10-5-2-6-11-34)37(31-15-13-30(14-16-31)29-8-3-1-4-9-29)51-38(44-40)32-17-19-33(20-18-32)50-24-7-23-46/h1-6,8-21,26,37,43,46H,7,22-25,27H2,(H,45,47)/t37-,40-/m0/s1. The molecule has 12 heteroatoms. The summed E-state index contributed by atoms with van der Waals surface area (Å²) >= 11 is 0. The first kappa shape index (κ1) is 36.4. The van der Waals surface area contributed by atoms with E-state index in [-0.39, 0.29) is 30.4 Å². The van der Waals surface area contributed by atoms with E-state index in [0.717, 1.165) is 23.3 Å². The lowest BCUT2D eigenvalue weighted by molar-refractivity contribution is -0.130. The maximum Gasteiger partial charge on any atom is 0.266 e. The average molecular weight is 726 g/mol. The van der Waals surface area contributed by atoms with Crippen molar-refractivity contribution in [3.63, 3.8) is 0 Å². The zero-order chi connectivity index (χ0) is 36.6. The van der Waals surface area contributed by atoms with Crippen molar-refractivity contribution in [2.75, 3.05) is 19.0 Å². The number of nitrogens with zero attached hydrogens (tertiary/aromatic N) is 1. The van der Waals surface area contributed by atoms with E-state index in [1.54, 1.807) is 42.5 Å². The number of hydrogen-bond acceptors (Lipinski definition) is 8. The van der Waals surface area contributed by atoms with Gasteiger partial charge in [-0.25, -0.2) is 27.6 Å². The summed E-state index contributed by atoms with van der Waals surface area (Å²) in [7, 11) is -3.88. The summed E-state index contributed by atoms with van der Waals surface area (Å²) in [5.74, 6) is -2.48. The van der Waals surface area contributed by atoms with Gasteiger partial charge in [0, 0.05) is 31.6 Å². The molecule has 0 fully saturated rings. The number of aliphatic imine (C=N–C) groups is 1. The largest absolute Gasteiger partial charge is 0.494 e. The van der Waals surface area contributed by atoms with Crippen molar-refractivity contribution < 1.29 is 36.6 Å². The molecule has 9 nitrogen and oxygen atoms in total. The molecule has 2 atom stereocenters. The van der Waals surface area contributed by atoms with Crippen LogP contribution >= 0.6 is 0 Å². The highest BCUT2D eigenvalue weighted by atomic mass is 32.2.